The van der Waals surface area contributed by atoms with Crippen molar-refractivity contribution in [2.24, 2.45) is 0 Å². The summed E-state index contributed by atoms with van der Waals surface area (Å²) in [5, 5.41) is 1.76. The molecule has 0 aliphatic rings. The third-order valence-electron chi connectivity index (χ3n) is 5.42. The number of H-pyrrole nitrogens is 1. The van der Waals surface area contributed by atoms with Gasteiger partial charge in [0.1, 0.15) is 5.82 Å². The second-order valence-corrected chi connectivity index (χ2v) is 8.88. The minimum absolute atomic E-state index is 0.0379. The minimum Gasteiger partial charge on any atom is -0.383 e. The van der Waals surface area contributed by atoms with Gasteiger partial charge in [0.25, 0.3) is 5.56 Å². The highest BCUT2D eigenvalue weighted by Gasteiger charge is 2.24. The molecule has 0 bridgehead atoms. The van der Waals surface area contributed by atoms with Gasteiger partial charge < -0.3 is 10.6 Å². The van der Waals surface area contributed by atoms with Gasteiger partial charge in [-0.15, -0.1) is 0 Å². The van der Waals surface area contributed by atoms with E-state index in [2.05, 4.69) is 16.9 Å². The summed E-state index contributed by atoms with van der Waals surface area (Å²) in [6, 6.07) is 11.6. The Balaban J connectivity index is 1.87. The van der Waals surface area contributed by atoms with E-state index in [1.165, 1.54) is 21.2 Å². The normalized spacial score (nSPS) is 11.1. The molecule has 0 aliphatic heterocycles. The van der Waals surface area contributed by atoms with Crippen molar-refractivity contribution in [2.45, 2.75) is 57.5 Å². The van der Waals surface area contributed by atoms with Crippen molar-refractivity contribution in [3.05, 3.63) is 57.2 Å². The molecule has 0 spiro atoms. The van der Waals surface area contributed by atoms with Crippen LogP contribution in [0.2, 0.25) is 0 Å². The lowest BCUT2D eigenvalue weighted by Crippen LogP contribution is -2.42. The van der Waals surface area contributed by atoms with E-state index < -0.39 is 11.2 Å². The Hall–Kier alpha value is -3.07. The maximum atomic E-state index is 13.3. The van der Waals surface area contributed by atoms with E-state index in [4.69, 9.17) is 5.73 Å². The van der Waals surface area contributed by atoms with Crippen LogP contribution in [0.1, 0.15) is 46.0 Å². The van der Waals surface area contributed by atoms with Crippen LogP contribution in [-0.4, -0.2) is 32.7 Å². The topological polar surface area (TPSA) is 114 Å². The predicted molar refractivity (Wildman–Crippen MR) is 135 cm³/mol. The van der Waals surface area contributed by atoms with E-state index in [9.17, 15) is 14.4 Å². The Morgan fingerprint density at radius 1 is 1.09 bits per heavy atom. The third-order valence-corrected chi connectivity index (χ3v) is 6.34. The Morgan fingerprint density at radius 2 is 1.85 bits per heavy atom. The highest BCUT2D eigenvalue weighted by molar-refractivity contribution is 7.99. The van der Waals surface area contributed by atoms with Crippen molar-refractivity contribution >= 4 is 40.1 Å². The third kappa shape index (κ3) is 6.04. The van der Waals surface area contributed by atoms with Crippen molar-refractivity contribution in [3.8, 4) is 0 Å². The molecule has 3 aromatic rings. The number of rotatable bonds is 11. The van der Waals surface area contributed by atoms with Crippen LogP contribution in [0, 0.1) is 0 Å². The first kappa shape index (κ1) is 24.6. The van der Waals surface area contributed by atoms with Crippen LogP contribution in [-0.2, 0) is 11.3 Å². The van der Waals surface area contributed by atoms with Gasteiger partial charge in [0, 0.05) is 18.5 Å². The Morgan fingerprint density at radius 3 is 2.61 bits per heavy atom. The molecule has 0 aliphatic carbocycles. The summed E-state index contributed by atoms with van der Waals surface area (Å²) >= 11 is 1.31. The maximum Gasteiger partial charge on any atom is 0.330 e. The number of fused-ring (bicyclic) bond motifs is 1. The molecule has 2 heterocycles. The van der Waals surface area contributed by atoms with E-state index in [1.807, 2.05) is 43.3 Å². The zero-order valence-corrected chi connectivity index (χ0v) is 20.0. The Kier molecular flexibility index (Phi) is 8.71. The molecular weight excluding hydrogens is 438 g/mol. The van der Waals surface area contributed by atoms with Crippen LogP contribution in [0.25, 0.3) is 10.9 Å². The summed E-state index contributed by atoms with van der Waals surface area (Å²) < 4.78 is 1.35. The van der Waals surface area contributed by atoms with E-state index in [-0.39, 0.29) is 23.2 Å². The van der Waals surface area contributed by atoms with Crippen LogP contribution in [0.3, 0.4) is 0 Å². The summed E-state index contributed by atoms with van der Waals surface area (Å²) in [6.45, 7) is 4.82. The highest BCUT2D eigenvalue weighted by Crippen LogP contribution is 2.23. The lowest BCUT2D eigenvalue weighted by Gasteiger charge is -2.24. The van der Waals surface area contributed by atoms with Gasteiger partial charge in [0.2, 0.25) is 5.91 Å². The van der Waals surface area contributed by atoms with Gasteiger partial charge in [-0.25, -0.2) is 9.78 Å². The molecule has 0 saturated heterocycles. The average molecular weight is 470 g/mol. The second-order valence-electron chi connectivity index (χ2n) is 7.88. The summed E-state index contributed by atoms with van der Waals surface area (Å²) in [7, 11) is 0. The molecule has 3 N–H and O–H groups in total. The molecular formula is C24H31N5O3S. The number of unbranched alkanes of at least 4 members (excludes halogenated alkanes) is 3. The van der Waals surface area contributed by atoms with Gasteiger partial charge in [-0.1, -0.05) is 69.1 Å². The molecule has 9 heteroatoms. The number of carbonyl (C=O) groups excluding carboxylic acids is 1. The summed E-state index contributed by atoms with van der Waals surface area (Å²) in [5.74, 6) is -0.107. The van der Waals surface area contributed by atoms with Gasteiger partial charge in [-0.2, -0.15) is 0 Å². The lowest BCUT2D eigenvalue weighted by molar-refractivity contribution is -0.116. The minimum atomic E-state index is -0.635. The standard InChI is InChI=1S/C24H31N5O3S/c1-3-5-9-15-28(21-22(25)29(14-6-4-2)24(32)27-23(21)31)20(30)16-33-19-13-12-17-10-7-8-11-18(17)26-19/h7-8,10-13H,3-6,9,14-16,25H2,1-2H3,(H,27,31,32). The molecule has 0 fully saturated rings. The quantitative estimate of drug-likeness (QED) is 0.326. The number of benzene rings is 1. The number of hydrogen-bond donors (Lipinski definition) is 2. The molecule has 0 atom stereocenters. The molecule has 0 saturated carbocycles. The van der Waals surface area contributed by atoms with E-state index in [0.717, 1.165) is 48.0 Å². The number of aromatic amines is 1. The number of nitrogens with zero attached hydrogens (tertiary/aromatic N) is 3. The molecule has 1 amide bonds. The number of nitrogens with two attached hydrogens (primary N) is 1. The second kappa shape index (κ2) is 11.7. The zero-order valence-electron chi connectivity index (χ0n) is 19.2. The Labute approximate surface area is 197 Å². The number of amides is 1. The number of nitrogen functional groups attached to an aromatic ring is 1. The van der Waals surface area contributed by atoms with Crippen molar-refractivity contribution in [3.63, 3.8) is 0 Å². The predicted octanol–water partition coefficient (Wildman–Crippen LogP) is 3.78. The van der Waals surface area contributed by atoms with Gasteiger partial charge in [0.05, 0.1) is 16.3 Å². The van der Waals surface area contributed by atoms with Crippen molar-refractivity contribution in [1.82, 2.24) is 14.5 Å². The fraction of sp³-hybridized carbons (Fsp3) is 0.417. The van der Waals surface area contributed by atoms with E-state index in [1.54, 1.807) is 0 Å². The van der Waals surface area contributed by atoms with Crippen LogP contribution in [0.4, 0.5) is 11.5 Å². The fourth-order valence-corrected chi connectivity index (χ4v) is 4.35. The summed E-state index contributed by atoms with van der Waals surface area (Å²) in [5.41, 5.74) is 6.00. The van der Waals surface area contributed by atoms with Gasteiger partial charge in [0.15, 0.2) is 5.69 Å². The SMILES string of the molecule is CCCCCN(C(=O)CSc1ccc2ccccc2n1)c1c(N)n(CCCC)c(=O)[nH]c1=O. The van der Waals surface area contributed by atoms with Gasteiger partial charge in [-0.05, 0) is 25.0 Å². The highest BCUT2D eigenvalue weighted by atomic mass is 32.2. The summed E-state index contributed by atoms with van der Waals surface area (Å²) in [4.78, 5) is 46.7. The molecule has 0 radical (unpaired) electrons. The first-order valence-electron chi connectivity index (χ1n) is 11.4. The first-order chi connectivity index (χ1) is 16.0. The molecule has 1 aromatic carbocycles. The number of carbonyl (C=O) groups is 1. The van der Waals surface area contributed by atoms with Gasteiger partial charge >= 0.3 is 5.69 Å². The number of hydrogen-bond acceptors (Lipinski definition) is 6. The van der Waals surface area contributed by atoms with Crippen LogP contribution in [0.15, 0.2) is 51.0 Å². The van der Waals surface area contributed by atoms with Crippen LogP contribution >= 0.6 is 11.8 Å². The molecule has 8 nitrogen and oxygen atoms in total. The van der Waals surface area contributed by atoms with Crippen molar-refractivity contribution < 1.29 is 4.79 Å². The smallest absolute Gasteiger partial charge is 0.330 e. The maximum absolute atomic E-state index is 13.3. The van der Waals surface area contributed by atoms with Gasteiger partial charge in [-0.3, -0.25) is 19.1 Å². The number of nitrogens with one attached hydrogen (secondary N) is 1. The molecule has 2 aromatic heterocycles. The fourth-order valence-electron chi connectivity index (χ4n) is 3.60. The molecule has 0 unspecified atom stereocenters. The van der Waals surface area contributed by atoms with Crippen LogP contribution < -0.4 is 21.9 Å². The molecule has 33 heavy (non-hydrogen) atoms. The van der Waals surface area contributed by atoms with E-state index >= 15 is 0 Å². The van der Waals surface area contributed by atoms with E-state index in [0.29, 0.717) is 13.1 Å². The number of thioether (sulfide) groups is 1. The number of para-hydroxylation sites is 1. The lowest BCUT2D eigenvalue weighted by atomic mass is 10.2. The van der Waals surface area contributed by atoms with Crippen LogP contribution in [0.5, 0.6) is 0 Å². The number of anilines is 2. The Bertz CT molecular complexity index is 1220. The number of aromatic nitrogens is 3. The first-order valence-corrected chi connectivity index (χ1v) is 12.4. The van der Waals surface area contributed by atoms with Crippen molar-refractivity contribution in [2.75, 3.05) is 22.9 Å². The zero-order chi connectivity index (χ0) is 23.8. The largest absolute Gasteiger partial charge is 0.383 e. The molecule has 176 valence electrons. The monoisotopic (exact) mass is 469 g/mol. The molecule has 3 rings (SSSR count). The summed E-state index contributed by atoms with van der Waals surface area (Å²) in [6.07, 6.45) is 4.22. The number of pyridine rings is 1. The van der Waals surface area contributed by atoms with Crippen molar-refractivity contribution in [1.29, 1.82) is 0 Å². The average Bonchev–Trinajstić information content (AvgIpc) is 2.81.